The van der Waals surface area contributed by atoms with Crippen molar-refractivity contribution in [3.63, 3.8) is 0 Å². The molecule has 1 aromatic carbocycles. The van der Waals surface area contributed by atoms with Crippen molar-refractivity contribution in [1.29, 1.82) is 0 Å². The number of carbonyl (C=O) groups is 1. The third-order valence-corrected chi connectivity index (χ3v) is 5.73. The molecule has 1 saturated carbocycles. The Morgan fingerprint density at radius 2 is 2.11 bits per heavy atom. The van der Waals surface area contributed by atoms with Gasteiger partial charge in [0.15, 0.2) is 0 Å². The fourth-order valence-corrected chi connectivity index (χ4v) is 4.61. The fourth-order valence-electron chi connectivity index (χ4n) is 4.38. The molecular formula is C19H17ClF2N2O3. The minimum Gasteiger partial charge on any atom is -0.433 e. The van der Waals surface area contributed by atoms with Crippen LogP contribution in [0, 0.1) is 11.8 Å². The van der Waals surface area contributed by atoms with Gasteiger partial charge in [-0.2, -0.15) is 8.78 Å². The molecule has 0 saturated heterocycles. The average Bonchev–Trinajstić information content (AvgIpc) is 2.92. The highest BCUT2D eigenvalue weighted by atomic mass is 35.5. The summed E-state index contributed by atoms with van der Waals surface area (Å²) in [6, 6.07) is 5.81. The van der Waals surface area contributed by atoms with E-state index in [1.165, 1.54) is 18.2 Å². The van der Waals surface area contributed by atoms with Crippen LogP contribution in [0.1, 0.15) is 29.9 Å². The Labute approximate surface area is 158 Å². The average molecular weight is 395 g/mol. The molecule has 1 aromatic heterocycles. The van der Waals surface area contributed by atoms with Gasteiger partial charge in [-0.15, -0.1) is 0 Å². The van der Waals surface area contributed by atoms with E-state index in [0.29, 0.717) is 12.1 Å². The van der Waals surface area contributed by atoms with Gasteiger partial charge in [0.2, 0.25) is 11.5 Å². The lowest BCUT2D eigenvalue weighted by molar-refractivity contribution is -0.121. The van der Waals surface area contributed by atoms with Crippen molar-refractivity contribution < 1.29 is 18.3 Å². The molecular weight excluding hydrogens is 378 g/mol. The molecule has 3 atom stereocenters. The number of rotatable bonds is 4. The summed E-state index contributed by atoms with van der Waals surface area (Å²) < 4.78 is 28.9. The maximum absolute atomic E-state index is 12.9. The number of ether oxygens (including phenoxy) is 1. The number of pyridine rings is 1. The topological polar surface area (TPSA) is 71.2 Å². The zero-order valence-electron chi connectivity index (χ0n) is 14.2. The Bertz CT molecular complexity index is 947. The number of aromatic nitrogens is 1. The number of benzene rings is 1. The van der Waals surface area contributed by atoms with E-state index < -0.39 is 6.61 Å². The van der Waals surface area contributed by atoms with E-state index >= 15 is 0 Å². The van der Waals surface area contributed by atoms with Crippen LogP contribution in [0.3, 0.4) is 0 Å². The SMILES string of the molecule is O=C(Nc1ccc(OC(F)F)c(Cl)c1)C1C2CCC1c1c[nH]c(=O)cc1C2. The standard InChI is InChI=1S/C19H17ClF2N2O3/c20-14-7-11(2-4-15(14)27-19(21)22)24-18(26)17-9-1-3-12(17)13-8-23-16(25)6-10(13)5-9/h2,4,6-9,12,17,19H,1,3,5H2,(H,23,25)(H,24,26). The van der Waals surface area contributed by atoms with Crippen LogP contribution in [0.4, 0.5) is 14.5 Å². The Balaban J connectivity index is 1.53. The monoisotopic (exact) mass is 394 g/mol. The molecule has 5 nitrogen and oxygen atoms in total. The van der Waals surface area contributed by atoms with Crippen molar-refractivity contribution in [2.24, 2.45) is 11.8 Å². The smallest absolute Gasteiger partial charge is 0.387 e. The summed E-state index contributed by atoms with van der Waals surface area (Å²) in [5, 5.41) is 2.84. The van der Waals surface area contributed by atoms with Gasteiger partial charge in [0.05, 0.1) is 5.02 Å². The number of alkyl halides is 2. The van der Waals surface area contributed by atoms with E-state index in [4.69, 9.17) is 11.6 Å². The van der Waals surface area contributed by atoms with Crippen LogP contribution in [0.25, 0.3) is 0 Å². The second kappa shape index (κ2) is 6.96. The summed E-state index contributed by atoms with van der Waals surface area (Å²) in [4.78, 5) is 27.2. The van der Waals surface area contributed by atoms with Gasteiger partial charge in [-0.1, -0.05) is 11.6 Å². The number of anilines is 1. The van der Waals surface area contributed by atoms with Gasteiger partial charge >= 0.3 is 6.61 Å². The van der Waals surface area contributed by atoms with Crippen LogP contribution < -0.4 is 15.6 Å². The number of amides is 1. The van der Waals surface area contributed by atoms with E-state index in [2.05, 4.69) is 15.0 Å². The zero-order chi connectivity index (χ0) is 19.1. The van der Waals surface area contributed by atoms with Gasteiger partial charge in [0, 0.05) is 23.9 Å². The van der Waals surface area contributed by atoms with Crippen molar-refractivity contribution >= 4 is 23.2 Å². The molecule has 2 aliphatic carbocycles. The van der Waals surface area contributed by atoms with Crippen LogP contribution in [0.2, 0.25) is 5.02 Å². The van der Waals surface area contributed by atoms with E-state index in [0.717, 1.165) is 24.0 Å². The van der Waals surface area contributed by atoms with E-state index in [-0.39, 0.29) is 40.0 Å². The first-order valence-corrected chi connectivity index (χ1v) is 9.07. The first kappa shape index (κ1) is 18.0. The molecule has 0 aliphatic heterocycles. The lowest BCUT2D eigenvalue weighted by Gasteiger charge is -2.31. The number of fused-ring (bicyclic) bond motifs is 4. The van der Waals surface area contributed by atoms with Crippen molar-refractivity contribution in [3.8, 4) is 5.75 Å². The van der Waals surface area contributed by atoms with Crippen LogP contribution in [-0.2, 0) is 11.2 Å². The summed E-state index contributed by atoms with van der Waals surface area (Å²) >= 11 is 5.95. The quantitative estimate of drug-likeness (QED) is 0.825. The van der Waals surface area contributed by atoms with Crippen molar-refractivity contribution in [2.45, 2.75) is 31.8 Å². The van der Waals surface area contributed by atoms with E-state index in [1.807, 2.05) is 0 Å². The van der Waals surface area contributed by atoms with E-state index in [1.54, 1.807) is 12.3 Å². The van der Waals surface area contributed by atoms with Crippen LogP contribution in [0.5, 0.6) is 5.75 Å². The van der Waals surface area contributed by atoms with Crippen molar-refractivity contribution in [1.82, 2.24) is 4.98 Å². The summed E-state index contributed by atoms with van der Waals surface area (Å²) in [7, 11) is 0. The highest BCUT2D eigenvalue weighted by Crippen LogP contribution is 2.50. The van der Waals surface area contributed by atoms with Gasteiger partial charge in [0.25, 0.3) is 0 Å². The number of nitrogens with one attached hydrogen (secondary N) is 2. The normalized spacial score (nSPS) is 23.2. The first-order valence-electron chi connectivity index (χ1n) is 8.69. The number of H-pyrrole nitrogens is 1. The summed E-state index contributed by atoms with van der Waals surface area (Å²) in [6.07, 6.45) is 4.24. The molecule has 8 heteroatoms. The molecule has 2 aliphatic rings. The molecule has 142 valence electrons. The summed E-state index contributed by atoms with van der Waals surface area (Å²) in [5.74, 6) is -0.217. The minimum atomic E-state index is -2.97. The highest BCUT2D eigenvalue weighted by molar-refractivity contribution is 6.32. The molecule has 1 amide bonds. The van der Waals surface area contributed by atoms with Crippen LogP contribution >= 0.6 is 11.6 Å². The maximum atomic E-state index is 12.9. The molecule has 1 heterocycles. The third kappa shape index (κ3) is 3.43. The largest absolute Gasteiger partial charge is 0.433 e. The Morgan fingerprint density at radius 1 is 1.30 bits per heavy atom. The number of carbonyl (C=O) groups excluding carboxylic acids is 1. The number of hydrogen-bond donors (Lipinski definition) is 2. The molecule has 0 radical (unpaired) electrons. The maximum Gasteiger partial charge on any atom is 0.387 e. The molecule has 0 spiro atoms. The van der Waals surface area contributed by atoms with Gasteiger partial charge in [0.1, 0.15) is 5.75 Å². The highest BCUT2D eigenvalue weighted by Gasteiger charge is 2.45. The Kier molecular flexibility index (Phi) is 4.63. The van der Waals surface area contributed by atoms with Gasteiger partial charge in [-0.25, -0.2) is 0 Å². The van der Waals surface area contributed by atoms with Crippen LogP contribution in [0.15, 0.2) is 35.3 Å². The lowest BCUT2D eigenvalue weighted by Crippen LogP contribution is -2.34. The molecule has 4 rings (SSSR count). The predicted octanol–water partition coefficient (Wildman–Crippen LogP) is 3.93. The molecule has 27 heavy (non-hydrogen) atoms. The minimum absolute atomic E-state index is 0.00244. The Hall–Kier alpha value is -2.41. The first-order chi connectivity index (χ1) is 12.9. The molecule has 1 fully saturated rings. The van der Waals surface area contributed by atoms with Gasteiger partial charge < -0.3 is 15.0 Å². The summed E-state index contributed by atoms with van der Waals surface area (Å²) in [5.41, 5.74) is 2.35. The van der Waals surface area contributed by atoms with Crippen molar-refractivity contribution in [3.05, 3.63) is 57.0 Å². The molecule has 2 bridgehead atoms. The second-order valence-electron chi connectivity index (χ2n) is 6.96. The second-order valence-corrected chi connectivity index (χ2v) is 7.37. The van der Waals surface area contributed by atoms with Crippen LogP contribution in [-0.4, -0.2) is 17.5 Å². The van der Waals surface area contributed by atoms with Crippen molar-refractivity contribution in [2.75, 3.05) is 5.32 Å². The number of halogens is 3. The molecule has 2 N–H and O–H groups in total. The number of hydrogen-bond acceptors (Lipinski definition) is 3. The van der Waals surface area contributed by atoms with Gasteiger partial charge in [-0.05, 0) is 60.4 Å². The fraction of sp³-hybridized carbons (Fsp3) is 0.368. The molecule has 3 unspecified atom stereocenters. The zero-order valence-corrected chi connectivity index (χ0v) is 14.9. The predicted molar refractivity (Wildman–Crippen MR) is 96.4 cm³/mol. The summed E-state index contributed by atoms with van der Waals surface area (Å²) in [6.45, 7) is -2.97. The third-order valence-electron chi connectivity index (χ3n) is 5.44. The van der Waals surface area contributed by atoms with Gasteiger partial charge in [-0.3, -0.25) is 9.59 Å². The van der Waals surface area contributed by atoms with E-state index in [9.17, 15) is 18.4 Å². The molecule has 2 aromatic rings. The lowest BCUT2D eigenvalue weighted by atomic mass is 9.75. The Morgan fingerprint density at radius 3 is 2.85 bits per heavy atom. The number of aromatic amines is 1.